The first-order chi connectivity index (χ1) is 13.2. The van der Waals surface area contributed by atoms with Crippen molar-refractivity contribution in [2.45, 2.75) is 20.3 Å². The molecule has 2 heterocycles. The number of rotatable bonds is 4. The second-order valence-electron chi connectivity index (χ2n) is 6.40. The first kappa shape index (κ1) is 16.8. The number of H-pyrrole nitrogens is 1. The molecule has 0 unspecified atom stereocenters. The number of nitriles is 1. The van der Waals surface area contributed by atoms with Crippen molar-refractivity contribution in [3.8, 4) is 17.5 Å². The van der Waals surface area contributed by atoms with Gasteiger partial charge in [-0.25, -0.2) is 0 Å². The van der Waals surface area contributed by atoms with Crippen molar-refractivity contribution in [2.24, 2.45) is 0 Å². The summed E-state index contributed by atoms with van der Waals surface area (Å²) in [6.07, 6.45) is 4.62. The Kier molecular flexibility index (Phi) is 4.31. The standard InChI is InChI=1S/C22H18N4O/c1-3-15-5-4-6-19-18(13-24-20(15)19)11-17(12-23)22-25-21(26-27-22)16-9-7-14(2)8-10-16/h4-11,13,24H,3H2,1-2H3/b17-11+. The highest BCUT2D eigenvalue weighted by molar-refractivity contribution is 5.97. The van der Waals surface area contributed by atoms with Crippen LogP contribution in [-0.2, 0) is 6.42 Å². The lowest BCUT2D eigenvalue weighted by Crippen LogP contribution is -1.84. The molecule has 0 atom stereocenters. The molecule has 0 fully saturated rings. The van der Waals surface area contributed by atoms with Gasteiger partial charge >= 0.3 is 0 Å². The maximum atomic E-state index is 9.61. The minimum Gasteiger partial charge on any atom is -0.360 e. The van der Waals surface area contributed by atoms with Gasteiger partial charge in [-0.1, -0.05) is 60.1 Å². The zero-order valence-corrected chi connectivity index (χ0v) is 15.2. The molecule has 2 aromatic carbocycles. The Morgan fingerprint density at radius 3 is 2.78 bits per heavy atom. The van der Waals surface area contributed by atoms with Gasteiger partial charge in [0.05, 0.1) is 0 Å². The van der Waals surface area contributed by atoms with Crippen molar-refractivity contribution in [2.75, 3.05) is 0 Å². The molecule has 2 aromatic heterocycles. The summed E-state index contributed by atoms with van der Waals surface area (Å²) in [6.45, 7) is 4.14. The van der Waals surface area contributed by atoms with Crippen LogP contribution in [0.25, 0.3) is 33.9 Å². The van der Waals surface area contributed by atoms with Gasteiger partial charge in [-0.2, -0.15) is 10.2 Å². The summed E-state index contributed by atoms with van der Waals surface area (Å²) in [5.74, 6) is 0.687. The van der Waals surface area contributed by atoms with Gasteiger partial charge in [0, 0.05) is 28.2 Å². The molecule has 27 heavy (non-hydrogen) atoms. The van der Waals surface area contributed by atoms with Crippen molar-refractivity contribution >= 4 is 22.6 Å². The SMILES string of the molecule is CCc1cccc2c(/C=C(\C#N)c3nc(-c4ccc(C)cc4)no3)c[nH]c12. The fourth-order valence-electron chi connectivity index (χ4n) is 3.10. The maximum absolute atomic E-state index is 9.61. The number of hydrogen-bond acceptors (Lipinski definition) is 4. The predicted octanol–water partition coefficient (Wildman–Crippen LogP) is 5.15. The first-order valence-electron chi connectivity index (χ1n) is 8.81. The molecule has 5 heteroatoms. The number of aromatic amines is 1. The topological polar surface area (TPSA) is 78.5 Å². The summed E-state index contributed by atoms with van der Waals surface area (Å²) in [7, 11) is 0. The first-order valence-corrected chi connectivity index (χ1v) is 8.81. The molecule has 0 aliphatic carbocycles. The third-order valence-corrected chi connectivity index (χ3v) is 4.60. The van der Waals surface area contributed by atoms with E-state index in [0.717, 1.165) is 34.0 Å². The molecule has 0 radical (unpaired) electrons. The molecule has 0 aliphatic rings. The lowest BCUT2D eigenvalue weighted by molar-refractivity contribution is 0.409. The van der Waals surface area contributed by atoms with E-state index in [0.29, 0.717) is 11.4 Å². The average Bonchev–Trinajstić information content (AvgIpc) is 3.34. The lowest BCUT2D eigenvalue weighted by atomic mass is 10.1. The summed E-state index contributed by atoms with van der Waals surface area (Å²) in [6, 6.07) is 16.2. The number of allylic oxidation sites excluding steroid dienone is 1. The molecule has 0 amide bonds. The van der Waals surface area contributed by atoms with E-state index >= 15 is 0 Å². The summed E-state index contributed by atoms with van der Waals surface area (Å²) in [4.78, 5) is 7.70. The Morgan fingerprint density at radius 2 is 2.04 bits per heavy atom. The van der Waals surface area contributed by atoms with Crippen LogP contribution < -0.4 is 0 Å². The Hall–Kier alpha value is -3.65. The number of fused-ring (bicyclic) bond motifs is 1. The van der Waals surface area contributed by atoms with Crippen molar-refractivity contribution in [1.29, 1.82) is 5.26 Å². The number of aryl methyl sites for hydroxylation is 2. The summed E-state index contributed by atoms with van der Waals surface area (Å²) < 4.78 is 5.35. The van der Waals surface area contributed by atoms with E-state index < -0.39 is 0 Å². The van der Waals surface area contributed by atoms with Crippen LogP contribution in [0, 0.1) is 18.3 Å². The number of hydrogen-bond donors (Lipinski definition) is 1. The van der Waals surface area contributed by atoms with Gasteiger partial charge in [0.2, 0.25) is 5.82 Å². The van der Waals surface area contributed by atoms with E-state index in [9.17, 15) is 5.26 Å². The van der Waals surface area contributed by atoms with Crippen LogP contribution in [0.2, 0.25) is 0 Å². The average molecular weight is 354 g/mol. The van der Waals surface area contributed by atoms with E-state index in [1.165, 1.54) is 5.56 Å². The number of nitrogens with zero attached hydrogens (tertiary/aromatic N) is 3. The van der Waals surface area contributed by atoms with Gasteiger partial charge < -0.3 is 9.51 Å². The molecule has 5 nitrogen and oxygen atoms in total. The highest BCUT2D eigenvalue weighted by Gasteiger charge is 2.14. The van der Waals surface area contributed by atoms with Crippen LogP contribution in [0.5, 0.6) is 0 Å². The smallest absolute Gasteiger partial charge is 0.268 e. The van der Waals surface area contributed by atoms with Gasteiger partial charge in [0.25, 0.3) is 5.89 Å². The zero-order valence-electron chi connectivity index (χ0n) is 15.2. The quantitative estimate of drug-likeness (QED) is 0.514. The summed E-state index contributed by atoms with van der Waals surface area (Å²) >= 11 is 0. The number of benzene rings is 2. The van der Waals surface area contributed by atoms with E-state index in [1.54, 1.807) is 6.08 Å². The second-order valence-corrected chi connectivity index (χ2v) is 6.40. The molecular formula is C22H18N4O. The Labute approximate surface area is 157 Å². The van der Waals surface area contributed by atoms with Crippen LogP contribution in [0.15, 0.2) is 53.2 Å². The monoisotopic (exact) mass is 354 g/mol. The maximum Gasteiger partial charge on any atom is 0.268 e. The second kappa shape index (κ2) is 6.93. The van der Waals surface area contributed by atoms with Crippen LogP contribution in [-0.4, -0.2) is 15.1 Å². The summed E-state index contributed by atoms with van der Waals surface area (Å²) in [5.41, 5.74) is 5.61. The Bertz CT molecular complexity index is 1170. The van der Waals surface area contributed by atoms with Crippen LogP contribution in [0.3, 0.4) is 0 Å². The lowest BCUT2D eigenvalue weighted by Gasteiger charge is -1.99. The number of nitrogens with one attached hydrogen (secondary N) is 1. The van der Waals surface area contributed by atoms with Crippen molar-refractivity contribution in [3.05, 3.63) is 71.2 Å². The van der Waals surface area contributed by atoms with Gasteiger partial charge in [0.1, 0.15) is 11.6 Å². The normalized spacial score (nSPS) is 11.7. The highest BCUT2D eigenvalue weighted by Crippen LogP contribution is 2.27. The van der Waals surface area contributed by atoms with E-state index in [4.69, 9.17) is 4.52 Å². The fraction of sp³-hybridized carbons (Fsp3) is 0.136. The molecule has 4 aromatic rings. The minimum atomic E-state index is 0.217. The highest BCUT2D eigenvalue weighted by atomic mass is 16.5. The third kappa shape index (κ3) is 3.13. The predicted molar refractivity (Wildman–Crippen MR) is 106 cm³/mol. The van der Waals surface area contributed by atoms with Gasteiger partial charge in [0.15, 0.2) is 0 Å². The van der Waals surface area contributed by atoms with Gasteiger partial charge in [-0.15, -0.1) is 0 Å². The molecule has 0 saturated heterocycles. The summed E-state index contributed by atoms with van der Waals surface area (Å²) in [5, 5.41) is 14.7. The minimum absolute atomic E-state index is 0.217. The number of para-hydroxylation sites is 1. The molecule has 0 spiro atoms. The Morgan fingerprint density at radius 1 is 1.22 bits per heavy atom. The van der Waals surface area contributed by atoms with Crippen molar-refractivity contribution < 1.29 is 4.52 Å². The molecule has 132 valence electrons. The molecule has 4 rings (SSSR count). The van der Waals surface area contributed by atoms with E-state index in [-0.39, 0.29) is 5.89 Å². The van der Waals surface area contributed by atoms with Crippen molar-refractivity contribution in [1.82, 2.24) is 15.1 Å². The van der Waals surface area contributed by atoms with Crippen LogP contribution in [0.1, 0.15) is 29.5 Å². The van der Waals surface area contributed by atoms with Gasteiger partial charge in [-0.05, 0) is 25.0 Å². The number of aromatic nitrogens is 3. The largest absolute Gasteiger partial charge is 0.360 e. The molecule has 0 saturated carbocycles. The van der Waals surface area contributed by atoms with E-state index in [1.807, 2.05) is 49.5 Å². The molecule has 0 aliphatic heterocycles. The Balaban J connectivity index is 1.73. The molecule has 1 N–H and O–H groups in total. The zero-order chi connectivity index (χ0) is 18.8. The van der Waals surface area contributed by atoms with Crippen LogP contribution in [0.4, 0.5) is 0 Å². The fourth-order valence-corrected chi connectivity index (χ4v) is 3.10. The third-order valence-electron chi connectivity index (χ3n) is 4.60. The van der Waals surface area contributed by atoms with Crippen molar-refractivity contribution in [3.63, 3.8) is 0 Å². The van der Waals surface area contributed by atoms with Gasteiger partial charge in [-0.3, -0.25) is 0 Å². The van der Waals surface area contributed by atoms with E-state index in [2.05, 4.69) is 34.2 Å². The van der Waals surface area contributed by atoms with Crippen LogP contribution >= 0.6 is 0 Å². The molecular weight excluding hydrogens is 336 g/mol. The molecule has 0 bridgehead atoms.